The molecule has 0 saturated heterocycles. The number of anilines is 1. The van der Waals surface area contributed by atoms with E-state index < -0.39 is 11.7 Å². The minimum atomic E-state index is -4.36. The fraction of sp³-hybridized carbons (Fsp3) is 0.500. The molecule has 102 valence electrons. The highest BCUT2D eigenvalue weighted by molar-refractivity contribution is 9.10. The predicted molar refractivity (Wildman–Crippen MR) is 68.7 cm³/mol. The molecule has 0 atom stereocenters. The molecule has 0 unspecified atom stereocenters. The van der Waals surface area contributed by atoms with Gasteiger partial charge in [0, 0.05) is 23.3 Å². The summed E-state index contributed by atoms with van der Waals surface area (Å²) in [4.78, 5) is 0. The molecule has 18 heavy (non-hydrogen) atoms. The van der Waals surface area contributed by atoms with E-state index in [0.29, 0.717) is 24.2 Å². The zero-order chi connectivity index (χ0) is 13.6. The van der Waals surface area contributed by atoms with Crippen LogP contribution in [-0.2, 0) is 10.9 Å². The minimum absolute atomic E-state index is 0.0748. The van der Waals surface area contributed by atoms with E-state index in [0.717, 1.165) is 12.5 Å². The first kappa shape index (κ1) is 15.3. The lowest BCUT2D eigenvalue weighted by molar-refractivity contribution is -0.137. The third-order valence-electron chi connectivity index (χ3n) is 2.20. The first-order valence-electron chi connectivity index (χ1n) is 5.63. The van der Waals surface area contributed by atoms with Gasteiger partial charge >= 0.3 is 6.18 Å². The molecule has 0 saturated carbocycles. The average molecular weight is 326 g/mol. The maximum absolute atomic E-state index is 12.8. The van der Waals surface area contributed by atoms with Crippen LogP contribution in [0.3, 0.4) is 0 Å². The van der Waals surface area contributed by atoms with E-state index in [-0.39, 0.29) is 5.69 Å². The van der Waals surface area contributed by atoms with Gasteiger partial charge in [0.05, 0.1) is 12.2 Å². The molecule has 1 aromatic rings. The van der Waals surface area contributed by atoms with E-state index >= 15 is 0 Å². The third-order valence-corrected chi connectivity index (χ3v) is 2.69. The molecule has 2 nitrogen and oxygen atoms in total. The van der Waals surface area contributed by atoms with Crippen molar-refractivity contribution in [3.05, 3.63) is 28.2 Å². The molecule has 0 heterocycles. The van der Waals surface area contributed by atoms with Crippen molar-refractivity contribution in [2.45, 2.75) is 19.5 Å². The van der Waals surface area contributed by atoms with Crippen LogP contribution in [0.4, 0.5) is 18.9 Å². The number of hydrogen-bond acceptors (Lipinski definition) is 2. The van der Waals surface area contributed by atoms with Gasteiger partial charge in [0.1, 0.15) is 0 Å². The van der Waals surface area contributed by atoms with Gasteiger partial charge in [-0.05, 0) is 24.6 Å². The Morgan fingerprint density at radius 1 is 1.28 bits per heavy atom. The predicted octanol–water partition coefficient (Wildman–Crippen LogP) is 4.31. The zero-order valence-corrected chi connectivity index (χ0v) is 11.6. The summed E-state index contributed by atoms with van der Waals surface area (Å²) in [6.07, 6.45) is -3.47. The normalized spacial score (nSPS) is 11.6. The third kappa shape index (κ3) is 4.86. The lowest BCUT2D eigenvalue weighted by atomic mass is 10.1. The van der Waals surface area contributed by atoms with Crippen molar-refractivity contribution in [3.8, 4) is 0 Å². The van der Waals surface area contributed by atoms with Crippen molar-refractivity contribution in [3.63, 3.8) is 0 Å². The number of hydrogen-bond donors (Lipinski definition) is 1. The van der Waals surface area contributed by atoms with Gasteiger partial charge in [-0.15, -0.1) is 0 Å². The second kappa shape index (κ2) is 6.99. The first-order chi connectivity index (χ1) is 8.45. The molecule has 1 rings (SSSR count). The first-order valence-corrected chi connectivity index (χ1v) is 6.42. The van der Waals surface area contributed by atoms with Crippen LogP contribution in [0.5, 0.6) is 0 Å². The summed E-state index contributed by atoms with van der Waals surface area (Å²) < 4.78 is 43.9. The Balaban J connectivity index is 2.65. The standard InChI is InChI=1S/C12H15BrF3NO/c1-2-6-18-7-5-17-11-4-3-9(13)8-10(11)12(14,15)16/h3-4,8,17H,2,5-7H2,1H3. The van der Waals surface area contributed by atoms with E-state index in [2.05, 4.69) is 21.2 Å². The molecule has 6 heteroatoms. The lowest BCUT2D eigenvalue weighted by Crippen LogP contribution is -2.14. The SMILES string of the molecule is CCCOCCNc1ccc(Br)cc1C(F)(F)F. The quantitative estimate of drug-likeness (QED) is 0.787. The number of nitrogens with one attached hydrogen (secondary N) is 1. The Labute approximate surface area is 113 Å². The van der Waals surface area contributed by atoms with Crippen LogP contribution in [0, 0.1) is 0 Å². The van der Waals surface area contributed by atoms with E-state index in [1.807, 2.05) is 6.92 Å². The fourth-order valence-corrected chi connectivity index (χ4v) is 1.77. The van der Waals surface area contributed by atoms with Crippen LogP contribution in [0.2, 0.25) is 0 Å². The molecule has 0 aromatic heterocycles. The molecule has 0 aliphatic rings. The Kier molecular flexibility index (Phi) is 5.95. The van der Waals surface area contributed by atoms with Crippen LogP contribution in [-0.4, -0.2) is 19.8 Å². The van der Waals surface area contributed by atoms with Crippen molar-refractivity contribution in [1.82, 2.24) is 0 Å². The van der Waals surface area contributed by atoms with Crippen LogP contribution >= 0.6 is 15.9 Å². The second-order valence-electron chi connectivity index (χ2n) is 3.73. The molecule has 0 aliphatic carbocycles. The Bertz CT molecular complexity index is 382. The van der Waals surface area contributed by atoms with Crippen molar-refractivity contribution < 1.29 is 17.9 Å². The van der Waals surface area contributed by atoms with Crippen LogP contribution in [0.15, 0.2) is 22.7 Å². The Morgan fingerprint density at radius 3 is 2.61 bits per heavy atom. The largest absolute Gasteiger partial charge is 0.418 e. The van der Waals surface area contributed by atoms with E-state index in [9.17, 15) is 13.2 Å². The highest BCUT2D eigenvalue weighted by atomic mass is 79.9. The molecular weight excluding hydrogens is 311 g/mol. The van der Waals surface area contributed by atoms with Gasteiger partial charge in [0.2, 0.25) is 0 Å². The zero-order valence-electron chi connectivity index (χ0n) is 9.98. The molecule has 1 aromatic carbocycles. The summed E-state index contributed by atoms with van der Waals surface area (Å²) in [5, 5.41) is 2.74. The Hall–Kier alpha value is -0.750. The van der Waals surface area contributed by atoms with Gasteiger partial charge in [0.25, 0.3) is 0 Å². The smallest absolute Gasteiger partial charge is 0.382 e. The highest BCUT2D eigenvalue weighted by Crippen LogP contribution is 2.36. The van der Waals surface area contributed by atoms with E-state index in [1.165, 1.54) is 6.07 Å². The molecule has 0 aliphatic heterocycles. The van der Waals surface area contributed by atoms with E-state index in [1.54, 1.807) is 6.07 Å². The molecular formula is C12H15BrF3NO. The van der Waals surface area contributed by atoms with Crippen LogP contribution in [0.1, 0.15) is 18.9 Å². The molecule has 0 spiro atoms. The Morgan fingerprint density at radius 2 is 2.00 bits per heavy atom. The molecule has 1 N–H and O–H groups in total. The van der Waals surface area contributed by atoms with Crippen molar-refractivity contribution in [2.75, 3.05) is 25.1 Å². The maximum Gasteiger partial charge on any atom is 0.418 e. The number of ether oxygens (including phenoxy) is 1. The van der Waals surface area contributed by atoms with Crippen molar-refractivity contribution in [1.29, 1.82) is 0 Å². The van der Waals surface area contributed by atoms with Crippen molar-refractivity contribution in [2.24, 2.45) is 0 Å². The van der Waals surface area contributed by atoms with Gasteiger partial charge < -0.3 is 10.1 Å². The van der Waals surface area contributed by atoms with E-state index in [4.69, 9.17) is 4.74 Å². The number of halogens is 4. The molecule has 0 fully saturated rings. The number of rotatable bonds is 6. The summed E-state index contributed by atoms with van der Waals surface area (Å²) in [5.74, 6) is 0. The minimum Gasteiger partial charge on any atom is -0.382 e. The van der Waals surface area contributed by atoms with Crippen LogP contribution < -0.4 is 5.32 Å². The number of alkyl halides is 3. The second-order valence-corrected chi connectivity index (χ2v) is 4.64. The van der Waals surface area contributed by atoms with Gasteiger partial charge in [-0.3, -0.25) is 0 Å². The topological polar surface area (TPSA) is 21.3 Å². The molecule has 0 radical (unpaired) electrons. The van der Waals surface area contributed by atoms with Gasteiger partial charge in [-0.25, -0.2) is 0 Å². The van der Waals surface area contributed by atoms with Gasteiger partial charge in [-0.2, -0.15) is 13.2 Å². The summed E-state index contributed by atoms with van der Waals surface area (Å²) in [6.45, 7) is 3.34. The monoisotopic (exact) mass is 325 g/mol. The van der Waals surface area contributed by atoms with Crippen molar-refractivity contribution >= 4 is 21.6 Å². The van der Waals surface area contributed by atoms with Gasteiger partial charge in [-0.1, -0.05) is 22.9 Å². The molecule has 0 amide bonds. The average Bonchev–Trinajstić information content (AvgIpc) is 2.29. The highest BCUT2D eigenvalue weighted by Gasteiger charge is 2.33. The maximum atomic E-state index is 12.8. The van der Waals surface area contributed by atoms with Crippen LogP contribution in [0.25, 0.3) is 0 Å². The van der Waals surface area contributed by atoms with Gasteiger partial charge in [0.15, 0.2) is 0 Å². The lowest BCUT2D eigenvalue weighted by Gasteiger charge is -2.15. The summed E-state index contributed by atoms with van der Waals surface area (Å²) in [6, 6.07) is 4.05. The number of benzene rings is 1. The summed E-state index contributed by atoms with van der Waals surface area (Å²) in [7, 11) is 0. The summed E-state index contributed by atoms with van der Waals surface area (Å²) in [5.41, 5.74) is -0.599. The molecule has 0 bridgehead atoms. The fourth-order valence-electron chi connectivity index (χ4n) is 1.41. The summed E-state index contributed by atoms with van der Waals surface area (Å²) >= 11 is 3.04.